The van der Waals surface area contributed by atoms with E-state index in [0.717, 1.165) is 17.7 Å². The second-order valence-corrected chi connectivity index (χ2v) is 3.98. The number of nitrogens with one attached hydrogen (secondary N) is 1. The van der Waals surface area contributed by atoms with Gasteiger partial charge in [-0.2, -0.15) is 0 Å². The predicted molar refractivity (Wildman–Crippen MR) is 70.3 cm³/mol. The number of rotatable bonds is 9. The van der Waals surface area contributed by atoms with E-state index < -0.39 is 0 Å². The standard InChI is InChI=1S/C14H20FNO2/c1-17-14(8-10-16)12-4-6-13(7-5-12)18-11-3-2-9-15/h4-7,10,14,16H,2-3,8-9,11H2,1H3. The van der Waals surface area contributed by atoms with E-state index in [0.29, 0.717) is 19.4 Å². The average Bonchev–Trinajstić information content (AvgIpc) is 2.42. The highest BCUT2D eigenvalue weighted by Crippen LogP contribution is 2.22. The van der Waals surface area contributed by atoms with Gasteiger partial charge in [0.1, 0.15) is 5.75 Å². The molecule has 18 heavy (non-hydrogen) atoms. The van der Waals surface area contributed by atoms with Crippen LogP contribution in [0.1, 0.15) is 30.9 Å². The molecule has 0 aliphatic heterocycles. The Kier molecular flexibility index (Phi) is 7.03. The zero-order valence-corrected chi connectivity index (χ0v) is 10.7. The number of hydrogen-bond acceptors (Lipinski definition) is 3. The van der Waals surface area contributed by atoms with Gasteiger partial charge in [-0.15, -0.1) is 0 Å². The lowest BCUT2D eigenvalue weighted by Crippen LogP contribution is -2.02. The summed E-state index contributed by atoms with van der Waals surface area (Å²) in [5.74, 6) is 0.780. The number of methoxy groups -OCH3 is 1. The fourth-order valence-electron chi connectivity index (χ4n) is 1.64. The van der Waals surface area contributed by atoms with Gasteiger partial charge in [0.2, 0.25) is 0 Å². The van der Waals surface area contributed by atoms with Crippen molar-refractivity contribution in [2.24, 2.45) is 0 Å². The summed E-state index contributed by atoms with van der Waals surface area (Å²) in [4.78, 5) is 0. The van der Waals surface area contributed by atoms with Gasteiger partial charge in [-0.1, -0.05) is 12.1 Å². The van der Waals surface area contributed by atoms with Crippen molar-refractivity contribution in [1.29, 1.82) is 5.41 Å². The van der Waals surface area contributed by atoms with Crippen molar-refractivity contribution in [3.05, 3.63) is 29.8 Å². The van der Waals surface area contributed by atoms with Crippen LogP contribution in [-0.4, -0.2) is 26.6 Å². The molecule has 1 aromatic rings. The monoisotopic (exact) mass is 253 g/mol. The van der Waals surface area contributed by atoms with Gasteiger partial charge in [-0.05, 0) is 36.8 Å². The highest BCUT2D eigenvalue weighted by Gasteiger charge is 2.08. The second-order valence-electron chi connectivity index (χ2n) is 3.98. The van der Waals surface area contributed by atoms with Gasteiger partial charge in [0.15, 0.2) is 0 Å². The van der Waals surface area contributed by atoms with Crippen LogP contribution in [0.2, 0.25) is 0 Å². The quantitative estimate of drug-likeness (QED) is 0.540. The first kappa shape index (κ1) is 14.6. The Morgan fingerprint density at radius 2 is 2.00 bits per heavy atom. The van der Waals surface area contributed by atoms with Crippen LogP contribution in [0.4, 0.5) is 4.39 Å². The fraction of sp³-hybridized carbons (Fsp3) is 0.500. The molecule has 1 aromatic carbocycles. The lowest BCUT2D eigenvalue weighted by atomic mass is 10.1. The molecule has 0 fully saturated rings. The smallest absolute Gasteiger partial charge is 0.119 e. The summed E-state index contributed by atoms with van der Waals surface area (Å²) in [5.41, 5.74) is 1.03. The van der Waals surface area contributed by atoms with Crippen LogP contribution in [-0.2, 0) is 4.74 Å². The maximum absolute atomic E-state index is 11.9. The van der Waals surface area contributed by atoms with E-state index in [9.17, 15) is 4.39 Å². The molecule has 0 bridgehead atoms. The van der Waals surface area contributed by atoms with Crippen molar-refractivity contribution in [2.75, 3.05) is 20.4 Å². The Bertz CT molecular complexity index is 340. The van der Waals surface area contributed by atoms with Crippen LogP contribution >= 0.6 is 0 Å². The summed E-state index contributed by atoms with van der Waals surface area (Å²) >= 11 is 0. The van der Waals surface area contributed by atoms with Crippen LogP contribution in [0.15, 0.2) is 24.3 Å². The molecule has 1 unspecified atom stereocenters. The molecule has 3 nitrogen and oxygen atoms in total. The van der Waals surface area contributed by atoms with Crippen molar-refractivity contribution in [3.8, 4) is 5.75 Å². The van der Waals surface area contributed by atoms with E-state index >= 15 is 0 Å². The van der Waals surface area contributed by atoms with Crippen LogP contribution in [0, 0.1) is 5.41 Å². The minimum Gasteiger partial charge on any atom is -0.494 e. The average molecular weight is 253 g/mol. The van der Waals surface area contributed by atoms with Gasteiger partial charge in [0.25, 0.3) is 0 Å². The topological polar surface area (TPSA) is 42.3 Å². The second kappa shape index (κ2) is 8.64. The van der Waals surface area contributed by atoms with E-state index in [1.807, 2.05) is 24.3 Å². The Morgan fingerprint density at radius 3 is 2.56 bits per heavy atom. The van der Waals surface area contributed by atoms with Crippen LogP contribution in [0.5, 0.6) is 5.75 Å². The molecule has 1 atom stereocenters. The molecule has 4 heteroatoms. The van der Waals surface area contributed by atoms with E-state index in [2.05, 4.69) is 0 Å². The van der Waals surface area contributed by atoms with Gasteiger partial charge in [0.05, 0.1) is 19.4 Å². The van der Waals surface area contributed by atoms with Crippen LogP contribution < -0.4 is 4.74 Å². The molecule has 0 aromatic heterocycles. The summed E-state index contributed by atoms with van der Waals surface area (Å²) in [6.45, 7) is 0.249. The molecule has 100 valence electrons. The SMILES string of the molecule is COC(CC=N)c1ccc(OCCCCF)cc1. The first-order valence-electron chi connectivity index (χ1n) is 6.12. The van der Waals surface area contributed by atoms with Gasteiger partial charge >= 0.3 is 0 Å². The molecular weight excluding hydrogens is 233 g/mol. The van der Waals surface area contributed by atoms with Crippen LogP contribution in [0.3, 0.4) is 0 Å². The molecule has 0 saturated heterocycles. The first-order valence-corrected chi connectivity index (χ1v) is 6.12. The maximum Gasteiger partial charge on any atom is 0.119 e. The van der Waals surface area contributed by atoms with Gasteiger partial charge in [0, 0.05) is 13.5 Å². The van der Waals surface area contributed by atoms with Gasteiger partial charge < -0.3 is 14.9 Å². The molecule has 0 amide bonds. The van der Waals surface area contributed by atoms with E-state index in [1.165, 1.54) is 6.21 Å². The molecule has 0 saturated carbocycles. The summed E-state index contributed by atoms with van der Waals surface area (Å²) < 4.78 is 22.7. The van der Waals surface area contributed by atoms with Crippen molar-refractivity contribution < 1.29 is 13.9 Å². The summed E-state index contributed by atoms with van der Waals surface area (Å²) in [6.07, 6.45) is 3.10. The zero-order chi connectivity index (χ0) is 13.2. The van der Waals surface area contributed by atoms with E-state index in [-0.39, 0.29) is 12.8 Å². The Morgan fingerprint density at radius 1 is 1.28 bits per heavy atom. The summed E-state index contributed by atoms with van der Waals surface area (Å²) in [7, 11) is 1.63. The Labute approximate surface area is 107 Å². The lowest BCUT2D eigenvalue weighted by Gasteiger charge is -2.14. The molecule has 0 heterocycles. The number of unbranched alkanes of at least 4 members (excludes halogenated alkanes) is 1. The van der Waals surface area contributed by atoms with Crippen molar-refractivity contribution in [3.63, 3.8) is 0 Å². The van der Waals surface area contributed by atoms with E-state index in [4.69, 9.17) is 14.9 Å². The third-order valence-electron chi connectivity index (χ3n) is 2.67. The molecule has 0 spiro atoms. The molecule has 0 aliphatic carbocycles. The first-order chi connectivity index (χ1) is 8.81. The Balaban J connectivity index is 2.48. The molecule has 1 rings (SSSR count). The molecule has 0 aliphatic rings. The normalized spacial score (nSPS) is 12.1. The molecule has 0 radical (unpaired) electrons. The zero-order valence-electron chi connectivity index (χ0n) is 10.7. The van der Waals surface area contributed by atoms with Crippen molar-refractivity contribution in [1.82, 2.24) is 0 Å². The highest BCUT2D eigenvalue weighted by molar-refractivity contribution is 5.54. The lowest BCUT2D eigenvalue weighted by molar-refractivity contribution is 0.110. The minimum atomic E-state index is -0.290. The number of alkyl halides is 1. The molecule has 1 N–H and O–H groups in total. The Hall–Kier alpha value is -1.42. The maximum atomic E-state index is 11.9. The number of hydrogen-bond donors (Lipinski definition) is 1. The highest BCUT2D eigenvalue weighted by atomic mass is 19.1. The van der Waals surface area contributed by atoms with Crippen LogP contribution in [0.25, 0.3) is 0 Å². The van der Waals surface area contributed by atoms with Crippen molar-refractivity contribution in [2.45, 2.75) is 25.4 Å². The van der Waals surface area contributed by atoms with Gasteiger partial charge in [-0.3, -0.25) is 4.39 Å². The summed E-state index contributed by atoms with van der Waals surface area (Å²) in [5, 5.41) is 7.10. The van der Waals surface area contributed by atoms with E-state index in [1.54, 1.807) is 7.11 Å². The third kappa shape index (κ3) is 4.84. The fourth-order valence-corrected chi connectivity index (χ4v) is 1.64. The number of halogens is 1. The number of ether oxygens (including phenoxy) is 2. The number of benzene rings is 1. The van der Waals surface area contributed by atoms with Crippen molar-refractivity contribution >= 4 is 6.21 Å². The predicted octanol–water partition coefficient (Wildman–Crippen LogP) is 3.54. The third-order valence-corrected chi connectivity index (χ3v) is 2.67. The largest absolute Gasteiger partial charge is 0.494 e. The summed E-state index contributed by atoms with van der Waals surface area (Å²) in [6, 6.07) is 7.62. The molecular formula is C14H20FNO2. The van der Waals surface area contributed by atoms with Gasteiger partial charge in [-0.25, -0.2) is 0 Å². The minimum absolute atomic E-state index is 0.0805.